The van der Waals surface area contributed by atoms with E-state index in [4.69, 9.17) is 4.42 Å². The van der Waals surface area contributed by atoms with E-state index in [1.165, 1.54) is 10.1 Å². The summed E-state index contributed by atoms with van der Waals surface area (Å²) in [6.07, 6.45) is 2.48. The molecule has 5 heteroatoms. The maximum Gasteiger partial charge on any atom is 0.421 e. The molecule has 0 fully saturated rings. The van der Waals surface area contributed by atoms with Crippen LogP contribution in [0.25, 0.3) is 11.2 Å². The third kappa shape index (κ3) is 2.50. The minimum atomic E-state index is -0.567. The van der Waals surface area contributed by atoms with Gasteiger partial charge in [-0.05, 0) is 24.1 Å². The van der Waals surface area contributed by atoms with Crippen molar-refractivity contribution in [1.82, 2.24) is 9.55 Å². The highest BCUT2D eigenvalue weighted by molar-refractivity contribution is 5.96. The van der Waals surface area contributed by atoms with Gasteiger partial charge < -0.3 is 4.42 Å². The molecule has 0 amide bonds. The van der Waals surface area contributed by atoms with E-state index in [-0.39, 0.29) is 12.3 Å². The highest BCUT2D eigenvalue weighted by Gasteiger charge is 2.14. The zero-order chi connectivity index (χ0) is 14.8. The van der Waals surface area contributed by atoms with Crippen molar-refractivity contribution in [3.63, 3.8) is 0 Å². The number of hydrogen-bond donors (Lipinski definition) is 0. The van der Waals surface area contributed by atoms with E-state index in [1.807, 2.05) is 12.1 Å². The molecule has 2 heterocycles. The van der Waals surface area contributed by atoms with Gasteiger partial charge in [0.1, 0.15) is 0 Å². The number of nitrogens with zero attached hydrogens (tertiary/aromatic N) is 2. The van der Waals surface area contributed by atoms with Crippen molar-refractivity contribution < 1.29 is 9.21 Å². The molecule has 0 radical (unpaired) electrons. The van der Waals surface area contributed by atoms with E-state index >= 15 is 0 Å². The highest BCUT2D eigenvalue weighted by Crippen LogP contribution is 2.11. The van der Waals surface area contributed by atoms with Gasteiger partial charge in [0, 0.05) is 11.8 Å². The fourth-order valence-electron chi connectivity index (χ4n) is 2.20. The van der Waals surface area contributed by atoms with Gasteiger partial charge in [0.15, 0.2) is 17.0 Å². The molecule has 0 bridgehead atoms. The lowest BCUT2D eigenvalue weighted by Gasteiger charge is -2.03. The molecule has 0 saturated heterocycles. The van der Waals surface area contributed by atoms with E-state index in [0.29, 0.717) is 16.8 Å². The van der Waals surface area contributed by atoms with Gasteiger partial charge >= 0.3 is 5.76 Å². The Bertz CT molecular complexity index is 844. The molecule has 0 spiro atoms. The molecule has 3 rings (SSSR count). The SMILES string of the molecule is CCc1ccc(C(=O)Cn2c(=O)oc3cccnc32)cc1. The number of fused-ring (bicyclic) bond motifs is 1. The lowest BCUT2D eigenvalue weighted by Crippen LogP contribution is -2.20. The predicted molar refractivity (Wildman–Crippen MR) is 78.4 cm³/mol. The summed E-state index contributed by atoms with van der Waals surface area (Å²) in [7, 11) is 0. The molecule has 3 aromatic rings. The smallest absolute Gasteiger partial charge is 0.406 e. The van der Waals surface area contributed by atoms with Crippen molar-refractivity contribution in [2.24, 2.45) is 0 Å². The Labute approximate surface area is 120 Å². The average molecular weight is 282 g/mol. The second-order valence-electron chi connectivity index (χ2n) is 4.75. The number of ketones is 1. The number of Topliss-reactive ketones (excluding diaryl/α,β-unsaturated/α-hetero) is 1. The number of aryl methyl sites for hydroxylation is 1. The third-order valence-electron chi connectivity index (χ3n) is 3.41. The van der Waals surface area contributed by atoms with Crippen molar-refractivity contribution in [2.75, 3.05) is 0 Å². The van der Waals surface area contributed by atoms with Crippen LogP contribution in [0, 0.1) is 0 Å². The van der Waals surface area contributed by atoms with Crippen molar-refractivity contribution >= 4 is 17.0 Å². The fraction of sp³-hybridized carbons (Fsp3) is 0.188. The zero-order valence-electron chi connectivity index (χ0n) is 11.6. The van der Waals surface area contributed by atoms with Crippen LogP contribution in [0.5, 0.6) is 0 Å². The molecule has 0 aliphatic heterocycles. The van der Waals surface area contributed by atoms with Crippen LogP contribution in [-0.2, 0) is 13.0 Å². The largest absolute Gasteiger partial charge is 0.421 e. The lowest BCUT2D eigenvalue weighted by molar-refractivity contribution is 0.0970. The van der Waals surface area contributed by atoms with Crippen LogP contribution >= 0.6 is 0 Å². The molecule has 0 N–H and O–H groups in total. The maximum atomic E-state index is 12.3. The fourth-order valence-corrected chi connectivity index (χ4v) is 2.20. The van der Waals surface area contributed by atoms with Crippen LogP contribution in [0.15, 0.2) is 51.8 Å². The van der Waals surface area contributed by atoms with E-state index in [0.717, 1.165) is 6.42 Å². The van der Waals surface area contributed by atoms with Crippen molar-refractivity contribution in [2.45, 2.75) is 19.9 Å². The summed E-state index contributed by atoms with van der Waals surface area (Å²) in [6, 6.07) is 10.7. The Hall–Kier alpha value is -2.69. The molecule has 0 aliphatic rings. The molecule has 0 saturated carbocycles. The standard InChI is InChI=1S/C16H14N2O3/c1-2-11-5-7-12(8-6-11)13(19)10-18-15-14(21-16(18)20)4-3-9-17-15/h3-9H,2,10H2,1H3. The molecule has 21 heavy (non-hydrogen) atoms. The monoisotopic (exact) mass is 282 g/mol. The average Bonchev–Trinajstić information content (AvgIpc) is 2.83. The summed E-state index contributed by atoms with van der Waals surface area (Å²) >= 11 is 0. The molecular formula is C16H14N2O3. The summed E-state index contributed by atoms with van der Waals surface area (Å²) in [5.41, 5.74) is 2.51. The maximum absolute atomic E-state index is 12.3. The summed E-state index contributed by atoms with van der Waals surface area (Å²) in [4.78, 5) is 28.2. The summed E-state index contributed by atoms with van der Waals surface area (Å²) < 4.78 is 6.32. The van der Waals surface area contributed by atoms with Gasteiger partial charge in [-0.2, -0.15) is 0 Å². The Balaban J connectivity index is 1.92. The Kier molecular flexibility index (Phi) is 3.39. The Morgan fingerprint density at radius 1 is 1.24 bits per heavy atom. The third-order valence-corrected chi connectivity index (χ3v) is 3.41. The first kappa shape index (κ1) is 13.3. The van der Waals surface area contributed by atoms with Crippen LogP contribution in [0.3, 0.4) is 0 Å². The Morgan fingerprint density at radius 2 is 2.00 bits per heavy atom. The van der Waals surface area contributed by atoms with E-state index in [2.05, 4.69) is 11.9 Å². The molecule has 2 aromatic heterocycles. The quantitative estimate of drug-likeness (QED) is 0.689. The van der Waals surface area contributed by atoms with Crippen LogP contribution in [0.4, 0.5) is 0 Å². The first-order valence-electron chi connectivity index (χ1n) is 6.75. The molecule has 0 unspecified atom stereocenters. The van der Waals surface area contributed by atoms with Gasteiger partial charge in [-0.3, -0.25) is 9.36 Å². The normalized spacial score (nSPS) is 10.9. The number of pyridine rings is 1. The van der Waals surface area contributed by atoms with Gasteiger partial charge in [0.05, 0.1) is 6.54 Å². The van der Waals surface area contributed by atoms with Gasteiger partial charge in [-0.1, -0.05) is 31.2 Å². The van der Waals surface area contributed by atoms with Crippen molar-refractivity contribution in [3.05, 3.63) is 64.3 Å². The lowest BCUT2D eigenvalue weighted by atomic mass is 10.1. The minimum absolute atomic E-state index is 0.0751. The number of carbonyl (C=O) groups is 1. The number of benzene rings is 1. The zero-order valence-corrected chi connectivity index (χ0v) is 11.6. The van der Waals surface area contributed by atoms with Gasteiger partial charge in [-0.15, -0.1) is 0 Å². The highest BCUT2D eigenvalue weighted by atomic mass is 16.4. The van der Waals surface area contributed by atoms with Gasteiger partial charge in [0.2, 0.25) is 0 Å². The van der Waals surface area contributed by atoms with Gasteiger partial charge in [0.25, 0.3) is 0 Å². The van der Waals surface area contributed by atoms with Crippen LogP contribution in [-0.4, -0.2) is 15.3 Å². The summed E-state index contributed by atoms with van der Waals surface area (Å²) in [5.74, 6) is -0.713. The van der Waals surface area contributed by atoms with Crippen molar-refractivity contribution in [1.29, 1.82) is 0 Å². The number of carbonyl (C=O) groups excluding carboxylic acids is 1. The van der Waals surface area contributed by atoms with Crippen LogP contribution in [0.1, 0.15) is 22.8 Å². The molecule has 1 aromatic carbocycles. The van der Waals surface area contributed by atoms with E-state index in [1.54, 1.807) is 30.5 Å². The molecule has 0 aliphatic carbocycles. The van der Waals surface area contributed by atoms with Crippen LogP contribution < -0.4 is 5.76 Å². The number of oxazole rings is 1. The van der Waals surface area contributed by atoms with E-state index in [9.17, 15) is 9.59 Å². The number of hydrogen-bond acceptors (Lipinski definition) is 4. The van der Waals surface area contributed by atoms with Gasteiger partial charge in [-0.25, -0.2) is 9.78 Å². The van der Waals surface area contributed by atoms with Crippen molar-refractivity contribution in [3.8, 4) is 0 Å². The molecule has 0 atom stereocenters. The van der Waals surface area contributed by atoms with E-state index < -0.39 is 5.76 Å². The number of aromatic nitrogens is 2. The summed E-state index contributed by atoms with van der Waals surface area (Å²) in [5, 5.41) is 0. The topological polar surface area (TPSA) is 65.1 Å². The minimum Gasteiger partial charge on any atom is -0.406 e. The Morgan fingerprint density at radius 3 is 2.71 bits per heavy atom. The first-order valence-corrected chi connectivity index (χ1v) is 6.75. The second kappa shape index (κ2) is 5.36. The second-order valence-corrected chi connectivity index (χ2v) is 4.75. The molecule has 5 nitrogen and oxygen atoms in total. The molecular weight excluding hydrogens is 268 g/mol. The predicted octanol–water partition coefficient (Wildman–Crippen LogP) is 2.43. The first-order chi connectivity index (χ1) is 10.2. The molecule has 106 valence electrons. The van der Waals surface area contributed by atoms with Crippen LogP contribution in [0.2, 0.25) is 0 Å². The number of rotatable bonds is 4. The summed E-state index contributed by atoms with van der Waals surface area (Å²) in [6.45, 7) is 1.98.